The Bertz CT molecular complexity index is 365. The largest absolute Gasteiger partial charge is 0.493 e. The normalized spacial score (nSPS) is 16.9. The highest BCUT2D eigenvalue weighted by atomic mass is 16.5. The first kappa shape index (κ1) is 13.1. The summed E-state index contributed by atoms with van der Waals surface area (Å²) in [4.78, 5) is 6.65. The van der Waals surface area contributed by atoms with Gasteiger partial charge in [-0.1, -0.05) is 0 Å². The fraction of sp³-hybridized carbons (Fsp3) is 0.615. The molecule has 1 aromatic heterocycles. The van der Waals surface area contributed by atoms with Crippen molar-refractivity contribution >= 4 is 5.82 Å². The van der Waals surface area contributed by atoms with Crippen LogP contribution in [0.15, 0.2) is 18.3 Å². The van der Waals surface area contributed by atoms with Gasteiger partial charge in [-0.3, -0.25) is 0 Å². The van der Waals surface area contributed by atoms with Gasteiger partial charge in [0.2, 0.25) is 0 Å². The molecule has 0 atom stereocenters. The van der Waals surface area contributed by atoms with Crippen molar-refractivity contribution in [3.8, 4) is 5.75 Å². The van der Waals surface area contributed by atoms with Crippen molar-refractivity contribution in [1.29, 1.82) is 0 Å². The third-order valence-electron chi connectivity index (χ3n) is 3.18. The second-order valence-electron chi connectivity index (χ2n) is 4.38. The first-order valence-electron chi connectivity index (χ1n) is 6.40. The van der Waals surface area contributed by atoms with Gasteiger partial charge in [0, 0.05) is 25.8 Å². The quantitative estimate of drug-likeness (QED) is 0.847. The number of ether oxygens (including phenoxy) is 2. The maximum absolute atomic E-state index is 5.67. The molecule has 1 aliphatic heterocycles. The van der Waals surface area contributed by atoms with Crippen LogP contribution in [0.4, 0.5) is 5.82 Å². The van der Waals surface area contributed by atoms with E-state index < -0.39 is 0 Å². The molecule has 100 valence electrons. The Morgan fingerprint density at radius 3 is 2.89 bits per heavy atom. The number of pyridine rings is 1. The minimum atomic E-state index is 0.333. The van der Waals surface area contributed by atoms with E-state index >= 15 is 0 Å². The second kappa shape index (κ2) is 6.56. The summed E-state index contributed by atoms with van der Waals surface area (Å²) in [6.45, 7) is 3.14. The minimum absolute atomic E-state index is 0.333. The number of nitrogens with two attached hydrogens (primary N) is 1. The Morgan fingerprint density at radius 1 is 1.44 bits per heavy atom. The van der Waals surface area contributed by atoms with Gasteiger partial charge in [-0.05, 0) is 25.0 Å². The zero-order valence-corrected chi connectivity index (χ0v) is 10.8. The number of hydrogen-bond donors (Lipinski definition) is 1. The lowest BCUT2D eigenvalue weighted by Gasteiger charge is -2.33. The van der Waals surface area contributed by atoms with Crippen LogP contribution in [0.25, 0.3) is 0 Å². The topological polar surface area (TPSA) is 60.6 Å². The number of piperidine rings is 1. The highest BCUT2D eigenvalue weighted by Crippen LogP contribution is 2.27. The summed E-state index contributed by atoms with van der Waals surface area (Å²) in [5.41, 5.74) is 5.44. The lowest BCUT2D eigenvalue weighted by Crippen LogP contribution is -2.38. The molecule has 1 saturated heterocycles. The Morgan fingerprint density at radius 2 is 2.22 bits per heavy atom. The molecule has 0 saturated carbocycles. The van der Waals surface area contributed by atoms with E-state index in [1.54, 1.807) is 13.3 Å². The van der Waals surface area contributed by atoms with Crippen molar-refractivity contribution in [3.63, 3.8) is 0 Å². The lowest BCUT2D eigenvalue weighted by atomic mass is 10.1. The van der Waals surface area contributed by atoms with E-state index in [2.05, 4.69) is 9.88 Å². The van der Waals surface area contributed by atoms with Gasteiger partial charge in [0.15, 0.2) is 11.6 Å². The van der Waals surface area contributed by atoms with Crippen molar-refractivity contribution < 1.29 is 9.47 Å². The fourth-order valence-corrected chi connectivity index (χ4v) is 2.25. The summed E-state index contributed by atoms with van der Waals surface area (Å²) in [5.74, 6) is 1.76. The average molecular weight is 251 g/mol. The summed E-state index contributed by atoms with van der Waals surface area (Å²) >= 11 is 0. The summed E-state index contributed by atoms with van der Waals surface area (Å²) in [5, 5.41) is 0. The SMILES string of the molecule is COc1cccnc1N1CCC(OCCN)CC1. The molecule has 2 heterocycles. The van der Waals surface area contributed by atoms with Crippen LogP contribution in [0.3, 0.4) is 0 Å². The van der Waals surface area contributed by atoms with Crippen LogP contribution in [0.2, 0.25) is 0 Å². The van der Waals surface area contributed by atoms with Gasteiger partial charge in [-0.2, -0.15) is 0 Å². The number of rotatable bonds is 5. The van der Waals surface area contributed by atoms with Crippen LogP contribution in [-0.2, 0) is 4.74 Å². The highest BCUT2D eigenvalue weighted by molar-refractivity contribution is 5.52. The molecule has 0 amide bonds. The Kier molecular flexibility index (Phi) is 4.78. The molecule has 0 aromatic carbocycles. The van der Waals surface area contributed by atoms with Crippen molar-refractivity contribution in [2.24, 2.45) is 5.73 Å². The van der Waals surface area contributed by atoms with E-state index in [0.717, 1.165) is 37.5 Å². The van der Waals surface area contributed by atoms with Crippen LogP contribution >= 0.6 is 0 Å². The molecule has 5 heteroatoms. The summed E-state index contributed by atoms with van der Waals surface area (Å²) in [7, 11) is 1.68. The summed E-state index contributed by atoms with van der Waals surface area (Å²) in [6.07, 6.45) is 4.16. The predicted octanol–water partition coefficient (Wildman–Crippen LogP) is 1.03. The van der Waals surface area contributed by atoms with E-state index in [-0.39, 0.29) is 0 Å². The maximum Gasteiger partial charge on any atom is 0.171 e. The van der Waals surface area contributed by atoms with Crippen LogP contribution in [-0.4, -0.2) is 44.4 Å². The number of methoxy groups -OCH3 is 1. The number of anilines is 1. The Labute approximate surface area is 108 Å². The standard InChI is InChI=1S/C13H21N3O2/c1-17-12-3-2-7-15-13(12)16-8-4-11(5-9-16)18-10-6-14/h2-3,7,11H,4-6,8-10,14H2,1H3. The van der Waals surface area contributed by atoms with Gasteiger partial charge in [-0.15, -0.1) is 0 Å². The number of aromatic nitrogens is 1. The molecule has 0 bridgehead atoms. The minimum Gasteiger partial charge on any atom is -0.493 e. The van der Waals surface area contributed by atoms with Gasteiger partial charge in [0.25, 0.3) is 0 Å². The van der Waals surface area contributed by atoms with E-state index in [1.807, 2.05) is 12.1 Å². The third-order valence-corrected chi connectivity index (χ3v) is 3.18. The van der Waals surface area contributed by atoms with Gasteiger partial charge >= 0.3 is 0 Å². The molecule has 1 aromatic rings. The molecule has 0 spiro atoms. The molecule has 2 rings (SSSR count). The van der Waals surface area contributed by atoms with Crippen molar-refractivity contribution in [2.45, 2.75) is 18.9 Å². The molecule has 0 aliphatic carbocycles. The number of hydrogen-bond acceptors (Lipinski definition) is 5. The molecule has 1 fully saturated rings. The molecular formula is C13H21N3O2. The molecule has 18 heavy (non-hydrogen) atoms. The molecule has 0 unspecified atom stereocenters. The van der Waals surface area contributed by atoms with E-state index in [0.29, 0.717) is 19.3 Å². The van der Waals surface area contributed by atoms with E-state index in [9.17, 15) is 0 Å². The average Bonchev–Trinajstić information content (AvgIpc) is 2.45. The van der Waals surface area contributed by atoms with Crippen molar-refractivity contribution in [3.05, 3.63) is 18.3 Å². The first-order valence-corrected chi connectivity index (χ1v) is 6.40. The molecule has 2 N–H and O–H groups in total. The van der Waals surface area contributed by atoms with Crippen LogP contribution < -0.4 is 15.4 Å². The lowest BCUT2D eigenvalue weighted by molar-refractivity contribution is 0.0420. The number of nitrogens with zero attached hydrogens (tertiary/aromatic N) is 2. The van der Waals surface area contributed by atoms with Crippen LogP contribution in [0.5, 0.6) is 5.75 Å². The van der Waals surface area contributed by atoms with E-state index in [4.69, 9.17) is 15.2 Å². The maximum atomic E-state index is 5.67. The molecule has 5 nitrogen and oxygen atoms in total. The predicted molar refractivity (Wildman–Crippen MR) is 71.0 cm³/mol. The summed E-state index contributed by atoms with van der Waals surface area (Å²) < 4.78 is 11.0. The van der Waals surface area contributed by atoms with Crippen LogP contribution in [0, 0.1) is 0 Å². The zero-order valence-electron chi connectivity index (χ0n) is 10.8. The van der Waals surface area contributed by atoms with Crippen LogP contribution in [0.1, 0.15) is 12.8 Å². The third kappa shape index (κ3) is 3.11. The van der Waals surface area contributed by atoms with Crippen molar-refractivity contribution in [2.75, 3.05) is 38.3 Å². The van der Waals surface area contributed by atoms with Gasteiger partial charge < -0.3 is 20.1 Å². The molecular weight excluding hydrogens is 230 g/mol. The van der Waals surface area contributed by atoms with Gasteiger partial charge in [0.1, 0.15) is 0 Å². The fourth-order valence-electron chi connectivity index (χ4n) is 2.25. The van der Waals surface area contributed by atoms with Crippen molar-refractivity contribution in [1.82, 2.24) is 4.98 Å². The molecule has 0 radical (unpaired) electrons. The second-order valence-corrected chi connectivity index (χ2v) is 4.38. The highest BCUT2D eigenvalue weighted by Gasteiger charge is 2.22. The Balaban J connectivity index is 1.92. The Hall–Kier alpha value is -1.33. The first-order chi connectivity index (χ1) is 8.85. The molecule has 1 aliphatic rings. The monoisotopic (exact) mass is 251 g/mol. The summed E-state index contributed by atoms with van der Waals surface area (Å²) in [6, 6.07) is 3.83. The van der Waals surface area contributed by atoms with E-state index in [1.165, 1.54) is 0 Å². The smallest absolute Gasteiger partial charge is 0.171 e. The van der Waals surface area contributed by atoms with Gasteiger partial charge in [0.05, 0.1) is 19.8 Å². The zero-order chi connectivity index (χ0) is 12.8. The van der Waals surface area contributed by atoms with Gasteiger partial charge in [-0.25, -0.2) is 4.98 Å².